The number of non-ortho nitro benzene ring substituents is 1. The molecule has 2 heterocycles. The lowest BCUT2D eigenvalue weighted by Crippen LogP contribution is -2.49. The SMILES string of the molecule is O=C(COc1ccc([N+](=O)[O-])cc1)N1CCN(Cc2ccncc2)CC1. The topological polar surface area (TPSA) is 88.8 Å². The quantitative estimate of drug-likeness (QED) is 0.578. The van der Waals surface area contributed by atoms with Gasteiger partial charge in [-0.2, -0.15) is 0 Å². The molecule has 1 aromatic heterocycles. The Hall–Kier alpha value is -3.00. The van der Waals surface area contributed by atoms with Gasteiger partial charge in [0, 0.05) is 57.3 Å². The molecule has 1 fully saturated rings. The van der Waals surface area contributed by atoms with Crippen LogP contribution in [0.1, 0.15) is 5.56 Å². The molecule has 136 valence electrons. The summed E-state index contributed by atoms with van der Waals surface area (Å²) >= 11 is 0. The Labute approximate surface area is 151 Å². The molecule has 0 atom stereocenters. The van der Waals surface area contributed by atoms with Gasteiger partial charge >= 0.3 is 0 Å². The van der Waals surface area contributed by atoms with Crippen molar-refractivity contribution in [2.24, 2.45) is 0 Å². The molecule has 0 saturated carbocycles. The van der Waals surface area contributed by atoms with Crippen LogP contribution in [-0.2, 0) is 11.3 Å². The van der Waals surface area contributed by atoms with Crippen LogP contribution in [0.15, 0.2) is 48.8 Å². The van der Waals surface area contributed by atoms with Gasteiger partial charge in [-0.05, 0) is 29.8 Å². The van der Waals surface area contributed by atoms with Gasteiger partial charge in [-0.3, -0.25) is 24.8 Å². The fourth-order valence-electron chi connectivity index (χ4n) is 2.80. The second-order valence-electron chi connectivity index (χ2n) is 6.05. The van der Waals surface area contributed by atoms with Gasteiger partial charge < -0.3 is 9.64 Å². The Morgan fingerprint density at radius 3 is 2.35 bits per heavy atom. The highest BCUT2D eigenvalue weighted by molar-refractivity contribution is 5.77. The van der Waals surface area contributed by atoms with Gasteiger partial charge in [-0.1, -0.05) is 0 Å². The van der Waals surface area contributed by atoms with Crippen molar-refractivity contribution in [1.82, 2.24) is 14.8 Å². The summed E-state index contributed by atoms with van der Waals surface area (Å²) in [6.07, 6.45) is 3.56. The molecule has 1 aromatic carbocycles. The van der Waals surface area contributed by atoms with Crippen LogP contribution >= 0.6 is 0 Å². The smallest absolute Gasteiger partial charge is 0.269 e. The number of rotatable bonds is 6. The number of aromatic nitrogens is 1. The maximum atomic E-state index is 12.3. The molecule has 8 nitrogen and oxygen atoms in total. The molecule has 1 saturated heterocycles. The summed E-state index contributed by atoms with van der Waals surface area (Å²) in [6, 6.07) is 9.70. The zero-order valence-electron chi connectivity index (χ0n) is 14.3. The molecule has 0 bridgehead atoms. The highest BCUT2D eigenvalue weighted by Gasteiger charge is 2.21. The van der Waals surface area contributed by atoms with E-state index in [2.05, 4.69) is 9.88 Å². The summed E-state index contributed by atoms with van der Waals surface area (Å²) in [4.78, 5) is 30.5. The lowest BCUT2D eigenvalue weighted by atomic mass is 10.2. The number of pyridine rings is 1. The molecule has 0 N–H and O–H groups in total. The minimum absolute atomic E-state index is 0.00556. The Balaban J connectivity index is 1.42. The van der Waals surface area contributed by atoms with Crippen LogP contribution in [0.2, 0.25) is 0 Å². The first-order chi connectivity index (χ1) is 12.6. The van der Waals surface area contributed by atoms with Crippen molar-refractivity contribution in [2.45, 2.75) is 6.54 Å². The normalized spacial score (nSPS) is 14.8. The van der Waals surface area contributed by atoms with Crippen LogP contribution in [0.5, 0.6) is 5.75 Å². The van der Waals surface area contributed by atoms with E-state index >= 15 is 0 Å². The second kappa shape index (κ2) is 8.39. The number of nitro benzene ring substituents is 1. The summed E-state index contributed by atoms with van der Waals surface area (Å²) in [5, 5.41) is 10.6. The highest BCUT2D eigenvalue weighted by atomic mass is 16.6. The van der Waals surface area contributed by atoms with Gasteiger partial charge in [0.2, 0.25) is 0 Å². The lowest BCUT2D eigenvalue weighted by Gasteiger charge is -2.34. The summed E-state index contributed by atoms with van der Waals surface area (Å²) in [7, 11) is 0. The third-order valence-electron chi connectivity index (χ3n) is 4.29. The van der Waals surface area contributed by atoms with Crippen LogP contribution in [0.3, 0.4) is 0 Å². The first kappa shape index (κ1) is 17.8. The number of nitrogens with zero attached hydrogens (tertiary/aromatic N) is 4. The highest BCUT2D eigenvalue weighted by Crippen LogP contribution is 2.17. The van der Waals surface area contributed by atoms with E-state index < -0.39 is 4.92 Å². The number of amides is 1. The van der Waals surface area contributed by atoms with Crippen molar-refractivity contribution >= 4 is 11.6 Å². The monoisotopic (exact) mass is 356 g/mol. The van der Waals surface area contributed by atoms with Crippen molar-refractivity contribution in [2.75, 3.05) is 32.8 Å². The van der Waals surface area contributed by atoms with E-state index in [0.29, 0.717) is 18.8 Å². The maximum Gasteiger partial charge on any atom is 0.269 e. The summed E-state index contributed by atoms with van der Waals surface area (Å²) < 4.78 is 5.44. The van der Waals surface area contributed by atoms with Gasteiger partial charge in [-0.15, -0.1) is 0 Å². The average molecular weight is 356 g/mol. The molecule has 1 amide bonds. The van der Waals surface area contributed by atoms with E-state index in [1.54, 1.807) is 17.3 Å². The Morgan fingerprint density at radius 2 is 1.73 bits per heavy atom. The summed E-state index contributed by atoms with van der Waals surface area (Å²) in [5.41, 5.74) is 1.20. The first-order valence-corrected chi connectivity index (χ1v) is 8.38. The number of hydrogen-bond acceptors (Lipinski definition) is 6. The minimum Gasteiger partial charge on any atom is -0.484 e. The molecule has 1 aliphatic heterocycles. The third-order valence-corrected chi connectivity index (χ3v) is 4.29. The van der Waals surface area contributed by atoms with Crippen molar-refractivity contribution in [3.05, 3.63) is 64.5 Å². The van der Waals surface area contributed by atoms with Crippen LogP contribution < -0.4 is 4.74 Å². The number of piperazine rings is 1. The second-order valence-corrected chi connectivity index (χ2v) is 6.05. The predicted octanol–water partition coefficient (Wildman–Crippen LogP) is 1.71. The van der Waals surface area contributed by atoms with E-state index in [9.17, 15) is 14.9 Å². The van der Waals surface area contributed by atoms with Gasteiger partial charge in [0.05, 0.1) is 4.92 Å². The number of benzene rings is 1. The van der Waals surface area contributed by atoms with E-state index in [0.717, 1.165) is 19.6 Å². The molecule has 0 radical (unpaired) electrons. The zero-order chi connectivity index (χ0) is 18.4. The van der Waals surface area contributed by atoms with Crippen molar-refractivity contribution < 1.29 is 14.5 Å². The summed E-state index contributed by atoms with van der Waals surface area (Å²) in [5.74, 6) is 0.368. The Bertz CT molecular complexity index is 744. The van der Waals surface area contributed by atoms with Gasteiger partial charge in [0.25, 0.3) is 11.6 Å². The van der Waals surface area contributed by atoms with E-state index in [4.69, 9.17) is 4.74 Å². The zero-order valence-corrected chi connectivity index (χ0v) is 14.3. The third kappa shape index (κ3) is 4.76. The summed E-state index contributed by atoms with van der Waals surface area (Å²) in [6.45, 7) is 3.73. The molecule has 26 heavy (non-hydrogen) atoms. The van der Waals surface area contributed by atoms with Gasteiger partial charge in [-0.25, -0.2) is 0 Å². The number of nitro groups is 1. The van der Waals surface area contributed by atoms with Crippen LogP contribution in [0.4, 0.5) is 5.69 Å². The standard InChI is InChI=1S/C18H20N4O4/c23-18(14-26-17-3-1-16(2-4-17)22(24)25)21-11-9-20(10-12-21)13-15-5-7-19-8-6-15/h1-8H,9-14H2. The van der Waals surface area contributed by atoms with E-state index in [-0.39, 0.29) is 18.2 Å². The molecular weight excluding hydrogens is 336 g/mol. The molecule has 0 unspecified atom stereocenters. The lowest BCUT2D eigenvalue weighted by molar-refractivity contribution is -0.384. The van der Waals surface area contributed by atoms with Crippen LogP contribution in [-0.4, -0.2) is 58.4 Å². The average Bonchev–Trinajstić information content (AvgIpc) is 2.68. The van der Waals surface area contributed by atoms with Gasteiger partial charge in [0.1, 0.15) is 5.75 Å². The molecule has 1 aliphatic rings. The van der Waals surface area contributed by atoms with Crippen LogP contribution in [0.25, 0.3) is 0 Å². The Morgan fingerprint density at radius 1 is 1.08 bits per heavy atom. The Kier molecular flexibility index (Phi) is 5.75. The molecule has 0 spiro atoms. The van der Waals surface area contributed by atoms with Crippen molar-refractivity contribution in [3.63, 3.8) is 0 Å². The van der Waals surface area contributed by atoms with Crippen LogP contribution in [0, 0.1) is 10.1 Å². The molecule has 0 aliphatic carbocycles. The predicted molar refractivity (Wildman–Crippen MR) is 94.7 cm³/mol. The van der Waals surface area contributed by atoms with E-state index in [1.165, 1.54) is 29.8 Å². The fourth-order valence-corrected chi connectivity index (χ4v) is 2.80. The number of carbonyl (C=O) groups is 1. The molecular formula is C18H20N4O4. The first-order valence-electron chi connectivity index (χ1n) is 8.38. The minimum atomic E-state index is -0.472. The molecule has 8 heteroatoms. The van der Waals surface area contributed by atoms with E-state index in [1.807, 2.05) is 12.1 Å². The molecule has 2 aromatic rings. The van der Waals surface area contributed by atoms with Gasteiger partial charge in [0.15, 0.2) is 6.61 Å². The molecule has 3 rings (SSSR count). The maximum absolute atomic E-state index is 12.3. The fraction of sp³-hybridized carbons (Fsp3) is 0.333. The van der Waals surface area contributed by atoms with Crippen molar-refractivity contribution in [3.8, 4) is 5.75 Å². The number of carbonyl (C=O) groups excluding carboxylic acids is 1. The number of ether oxygens (including phenoxy) is 1. The largest absolute Gasteiger partial charge is 0.484 e. The number of hydrogen-bond donors (Lipinski definition) is 0. The van der Waals surface area contributed by atoms with Crippen molar-refractivity contribution in [1.29, 1.82) is 0 Å².